The minimum Gasteiger partial charge on any atom is -0.441 e. The molecule has 1 aromatic rings. The van der Waals surface area contributed by atoms with Crippen molar-refractivity contribution >= 4 is 12.6 Å². The number of aromatic amines is 1. The number of hydrogen-bond donors (Lipinski definition) is 2. The first-order valence-corrected chi connectivity index (χ1v) is 7.45. The maximum Gasteiger partial charge on any atom is 0.330 e. The molecule has 1 N–H and O–H groups in total. The Morgan fingerprint density at radius 3 is 3.05 bits per heavy atom. The predicted molar refractivity (Wildman–Crippen MR) is 81.3 cm³/mol. The molecule has 1 fully saturated rings. The second-order valence-corrected chi connectivity index (χ2v) is 5.47. The average Bonchev–Trinajstić information content (AvgIpc) is 2.77. The fourth-order valence-electron chi connectivity index (χ4n) is 2.48. The van der Waals surface area contributed by atoms with Crippen LogP contribution in [-0.2, 0) is 9.47 Å². The zero-order valence-corrected chi connectivity index (χ0v) is 12.9. The van der Waals surface area contributed by atoms with Crippen LogP contribution in [0.2, 0.25) is 0 Å². The molecule has 3 atom stereocenters. The van der Waals surface area contributed by atoms with Crippen LogP contribution in [0.3, 0.4) is 0 Å². The Kier molecular flexibility index (Phi) is 5.32. The van der Waals surface area contributed by atoms with Crippen LogP contribution in [0.5, 0.6) is 0 Å². The van der Waals surface area contributed by atoms with Crippen molar-refractivity contribution in [2.24, 2.45) is 5.92 Å². The number of nitrogens with zero attached hydrogens (tertiary/aromatic N) is 1. The summed E-state index contributed by atoms with van der Waals surface area (Å²) in [6.45, 7) is 1.23. The molecule has 0 saturated carbocycles. The van der Waals surface area contributed by atoms with Crippen molar-refractivity contribution in [1.29, 1.82) is 0 Å². The zero-order chi connectivity index (χ0) is 16.2. The van der Waals surface area contributed by atoms with Crippen LogP contribution in [0.25, 0.3) is 0 Å². The van der Waals surface area contributed by atoms with Crippen molar-refractivity contribution in [2.45, 2.75) is 31.8 Å². The van der Waals surface area contributed by atoms with Gasteiger partial charge >= 0.3 is 5.69 Å². The van der Waals surface area contributed by atoms with Crippen LogP contribution >= 0.6 is 12.6 Å². The molecule has 2 unspecified atom stereocenters. The Bertz CT molecular complexity index is 692. The first-order chi connectivity index (χ1) is 10.5. The highest BCUT2D eigenvalue weighted by Crippen LogP contribution is 2.43. The summed E-state index contributed by atoms with van der Waals surface area (Å²) < 4.78 is 26.2. The van der Waals surface area contributed by atoms with E-state index in [0.29, 0.717) is 12.2 Å². The number of aromatic nitrogens is 2. The quantitative estimate of drug-likeness (QED) is 0.626. The van der Waals surface area contributed by atoms with Gasteiger partial charge in [0.1, 0.15) is 12.3 Å². The summed E-state index contributed by atoms with van der Waals surface area (Å²) in [5.74, 6) is 0.734. The molecule has 2 rings (SSSR count). The third-order valence-corrected chi connectivity index (χ3v) is 3.65. The van der Waals surface area contributed by atoms with E-state index in [4.69, 9.17) is 9.47 Å². The fourth-order valence-corrected chi connectivity index (χ4v) is 2.82. The molecular weight excluding hydrogens is 311 g/mol. The van der Waals surface area contributed by atoms with Gasteiger partial charge in [0.2, 0.25) is 5.85 Å². The minimum absolute atomic E-state index is 0.0647. The van der Waals surface area contributed by atoms with Gasteiger partial charge in [0, 0.05) is 31.5 Å². The lowest BCUT2D eigenvalue weighted by Crippen LogP contribution is -2.35. The van der Waals surface area contributed by atoms with Gasteiger partial charge in [-0.1, -0.05) is 5.92 Å². The van der Waals surface area contributed by atoms with Crippen LogP contribution in [0.15, 0.2) is 21.9 Å². The molecule has 0 spiro atoms. The third kappa shape index (κ3) is 3.72. The highest BCUT2D eigenvalue weighted by atomic mass is 32.1. The fraction of sp³-hybridized carbons (Fsp3) is 0.571. The SMILES string of the molecule is CC#COC[C@]1(F)CC(CCS)C(n2ccc(=O)[nH]c2=O)O1. The lowest BCUT2D eigenvalue weighted by molar-refractivity contribution is -0.178. The van der Waals surface area contributed by atoms with Crippen LogP contribution in [-0.4, -0.2) is 27.8 Å². The molecule has 1 aliphatic rings. The van der Waals surface area contributed by atoms with E-state index in [9.17, 15) is 14.0 Å². The summed E-state index contributed by atoms with van der Waals surface area (Å²) in [4.78, 5) is 25.2. The van der Waals surface area contributed by atoms with Gasteiger partial charge in [0.15, 0.2) is 6.61 Å². The number of nitrogens with one attached hydrogen (secondary N) is 1. The molecule has 0 aromatic carbocycles. The molecule has 22 heavy (non-hydrogen) atoms. The molecule has 1 aromatic heterocycles. The summed E-state index contributed by atoms with van der Waals surface area (Å²) in [7, 11) is 0. The Morgan fingerprint density at radius 1 is 1.64 bits per heavy atom. The van der Waals surface area contributed by atoms with Gasteiger partial charge in [-0.25, -0.2) is 9.18 Å². The molecule has 6 nitrogen and oxygen atoms in total. The number of H-pyrrole nitrogens is 1. The van der Waals surface area contributed by atoms with E-state index in [0.717, 1.165) is 0 Å². The highest BCUT2D eigenvalue weighted by molar-refractivity contribution is 7.80. The Balaban J connectivity index is 2.25. The number of halogens is 1. The Labute approximate surface area is 132 Å². The number of hydrogen-bond acceptors (Lipinski definition) is 5. The van der Waals surface area contributed by atoms with E-state index < -0.39 is 23.3 Å². The number of thiol groups is 1. The second-order valence-electron chi connectivity index (χ2n) is 5.03. The lowest BCUT2D eigenvalue weighted by Gasteiger charge is -2.21. The second kappa shape index (κ2) is 7.03. The van der Waals surface area contributed by atoms with Crippen molar-refractivity contribution in [3.05, 3.63) is 33.1 Å². The minimum atomic E-state index is -2.03. The van der Waals surface area contributed by atoms with E-state index in [-0.39, 0.29) is 18.9 Å². The zero-order valence-electron chi connectivity index (χ0n) is 12.0. The first kappa shape index (κ1) is 16.6. The lowest BCUT2D eigenvalue weighted by atomic mass is 9.99. The van der Waals surface area contributed by atoms with Gasteiger partial charge in [-0.3, -0.25) is 14.3 Å². The third-order valence-electron chi connectivity index (χ3n) is 3.39. The van der Waals surface area contributed by atoms with E-state index in [1.807, 2.05) is 0 Å². The normalized spacial score (nSPS) is 27.2. The summed E-state index contributed by atoms with van der Waals surface area (Å²) in [6.07, 6.45) is 3.43. The highest BCUT2D eigenvalue weighted by Gasteiger charge is 2.48. The van der Waals surface area contributed by atoms with Gasteiger partial charge in [0.05, 0.1) is 0 Å². The summed E-state index contributed by atoms with van der Waals surface area (Å²) >= 11 is 4.16. The number of alkyl halides is 1. The monoisotopic (exact) mass is 328 g/mol. The van der Waals surface area contributed by atoms with Crippen molar-refractivity contribution in [3.8, 4) is 12.0 Å². The van der Waals surface area contributed by atoms with Gasteiger partial charge < -0.3 is 9.47 Å². The first-order valence-electron chi connectivity index (χ1n) is 6.82. The van der Waals surface area contributed by atoms with Crippen molar-refractivity contribution < 1.29 is 13.9 Å². The summed E-state index contributed by atoms with van der Waals surface area (Å²) in [6, 6.07) is 1.19. The van der Waals surface area contributed by atoms with Crippen LogP contribution < -0.4 is 11.2 Å². The molecule has 0 aliphatic carbocycles. The largest absolute Gasteiger partial charge is 0.441 e. The van der Waals surface area contributed by atoms with E-state index in [1.165, 1.54) is 16.8 Å². The van der Waals surface area contributed by atoms with Crippen molar-refractivity contribution in [2.75, 3.05) is 12.4 Å². The maximum atomic E-state index is 14.7. The topological polar surface area (TPSA) is 73.3 Å². The van der Waals surface area contributed by atoms with E-state index in [2.05, 4.69) is 29.6 Å². The number of rotatable bonds is 5. The summed E-state index contributed by atoms with van der Waals surface area (Å²) in [5, 5.41) is 0. The van der Waals surface area contributed by atoms with Gasteiger partial charge in [0.25, 0.3) is 5.56 Å². The maximum absolute atomic E-state index is 14.7. The molecule has 2 heterocycles. The molecule has 8 heteroatoms. The van der Waals surface area contributed by atoms with Crippen LogP contribution in [0.1, 0.15) is 26.0 Å². The van der Waals surface area contributed by atoms with Gasteiger partial charge in [-0.15, -0.1) is 0 Å². The van der Waals surface area contributed by atoms with Gasteiger partial charge in [-0.2, -0.15) is 12.6 Å². The standard InChI is InChI=1S/C14H17FN2O4S/c1-2-6-20-9-14(15)8-10(4-7-22)12(21-14)17-5-3-11(18)16-13(17)19/h3,5,10,12,22H,4,7-9H2,1H3,(H,16,18,19)/t10?,12?,14-/m0/s1. The Hall–Kier alpha value is -1.72. The van der Waals surface area contributed by atoms with Crippen molar-refractivity contribution in [3.63, 3.8) is 0 Å². The summed E-state index contributed by atoms with van der Waals surface area (Å²) in [5.41, 5.74) is -1.15. The predicted octanol–water partition coefficient (Wildman–Crippen LogP) is 1.05. The molecule has 0 amide bonds. The molecule has 0 bridgehead atoms. The average molecular weight is 328 g/mol. The van der Waals surface area contributed by atoms with E-state index in [1.54, 1.807) is 6.92 Å². The smallest absolute Gasteiger partial charge is 0.330 e. The molecule has 1 aliphatic heterocycles. The molecular formula is C14H17FN2O4S. The number of ether oxygens (including phenoxy) is 2. The van der Waals surface area contributed by atoms with Crippen molar-refractivity contribution in [1.82, 2.24) is 9.55 Å². The molecule has 120 valence electrons. The van der Waals surface area contributed by atoms with Crippen LogP contribution in [0.4, 0.5) is 4.39 Å². The molecule has 1 saturated heterocycles. The van der Waals surface area contributed by atoms with Gasteiger partial charge in [-0.05, 0) is 12.2 Å². The van der Waals surface area contributed by atoms with Crippen LogP contribution in [0, 0.1) is 17.9 Å². The molecule has 0 radical (unpaired) electrons. The van der Waals surface area contributed by atoms with E-state index >= 15 is 0 Å². The Morgan fingerprint density at radius 2 is 2.41 bits per heavy atom.